The van der Waals surface area contributed by atoms with Gasteiger partial charge >= 0.3 is 0 Å². The summed E-state index contributed by atoms with van der Waals surface area (Å²) in [4.78, 5) is 13.8. The molecule has 0 atom stereocenters. The maximum absolute atomic E-state index is 12.1. The van der Waals surface area contributed by atoms with Crippen molar-refractivity contribution in [2.24, 2.45) is 10.2 Å². The normalized spacial score (nSPS) is 16.2. The quantitative estimate of drug-likeness (QED) is 0.591. The predicted octanol–water partition coefficient (Wildman–Crippen LogP) is 3.81. The summed E-state index contributed by atoms with van der Waals surface area (Å²) in [5.41, 5.74) is 1.90. The van der Waals surface area contributed by atoms with Crippen LogP contribution in [-0.4, -0.2) is 35.1 Å². The summed E-state index contributed by atoms with van der Waals surface area (Å²) < 4.78 is 5.15. The van der Waals surface area contributed by atoms with Crippen LogP contribution >= 0.6 is 23.4 Å². The van der Waals surface area contributed by atoms with E-state index in [2.05, 4.69) is 10.2 Å². The fourth-order valence-corrected chi connectivity index (χ4v) is 3.20. The summed E-state index contributed by atoms with van der Waals surface area (Å²) in [6.07, 6.45) is 1.64. The minimum Gasteiger partial charge on any atom is -0.497 e. The van der Waals surface area contributed by atoms with Crippen molar-refractivity contribution in [1.82, 2.24) is 4.90 Å². The van der Waals surface area contributed by atoms with Gasteiger partial charge in [0.05, 0.1) is 25.6 Å². The van der Waals surface area contributed by atoms with E-state index in [1.165, 1.54) is 11.8 Å². The van der Waals surface area contributed by atoms with Crippen molar-refractivity contribution in [3.05, 3.63) is 64.7 Å². The third-order valence-electron chi connectivity index (χ3n) is 3.58. The SMILES string of the molecule is COc1ccc(CN2C(=O)CS/C2=N/N=C\c2ccc(Cl)cc2)cc1. The molecule has 5 nitrogen and oxygen atoms in total. The largest absolute Gasteiger partial charge is 0.497 e. The zero-order valence-electron chi connectivity index (χ0n) is 13.6. The Morgan fingerprint density at radius 1 is 1.20 bits per heavy atom. The number of ether oxygens (including phenoxy) is 1. The summed E-state index contributed by atoms with van der Waals surface area (Å²) in [5, 5.41) is 9.57. The molecule has 1 saturated heterocycles. The number of halogens is 1. The van der Waals surface area contributed by atoms with Crippen LogP contribution < -0.4 is 4.74 Å². The molecule has 0 radical (unpaired) electrons. The maximum Gasteiger partial charge on any atom is 0.239 e. The van der Waals surface area contributed by atoms with E-state index in [-0.39, 0.29) is 5.91 Å². The van der Waals surface area contributed by atoms with Crippen molar-refractivity contribution >= 4 is 40.7 Å². The second-order valence-electron chi connectivity index (χ2n) is 5.30. The first-order chi connectivity index (χ1) is 12.2. The number of amidine groups is 1. The number of methoxy groups -OCH3 is 1. The molecule has 1 aliphatic rings. The summed E-state index contributed by atoms with van der Waals surface area (Å²) in [5.74, 6) is 1.19. The Bertz CT molecular complexity index is 804. The smallest absolute Gasteiger partial charge is 0.239 e. The fraction of sp³-hybridized carbons (Fsp3) is 0.167. The van der Waals surface area contributed by atoms with Crippen LogP contribution in [-0.2, 0) is 11.3 Å². The molecule has 0 N–H and O–H groups in total. The van der Waals surface area contributed by atoms with E-state index < -0.39 is 0 Å². The van der Waals surface area contributed by atoms with Gasteiger partial charge in [0, 0.05) is 5.02 Å². The number of nitrogens with zero attached hydrogens (tertiary/aromatic N) is 3. The van der Waals surface area contributed by atoms with Crippen molar-refractivity contribution in [1.29, 1.82) is 0 Å². The van der Waals surface area contributed by atoms with Gasteiger partial charge in [-0.1, -0.05) is 47.6 Å². The molecule has 0 aromatic heterocycles. The highest BCUT2D eigenvalue weighted by Crippen LogP contribution is 2.23. The van der Waals surface area contributed by atoms with Gasteiger partial charge in [0.2, 0.25) is 5.91 Å². The highest BCUT2D eigenvalue weighted by molar-refractivity contribution is 8.15. The van der Waals surface area contributed by atoms with Gasteiger partial charge in [-0.2, -0.15) is 5.10 Å². The van der Waals surface area contributed by atoms with Crippen LogP contribution in [0.4, 0.5) is 0 Å². The molecule has 0 spiro atoms. The molecule has 0 bridgehead atoms. The van der Waals surface area contributed by atoms with Crippen LogP contribution in [0.1, 0.15) is 11.1 Å². The number of amides is 1. The van der Waals surface area contributed by atoms with Gasteiger partial charge in [0.15, 0.2) is 5.17 Å². The van der Waals surface area contributed by atoms with E-state index in [0.717, 1.165) is 16.9 Å². The Hall–Kier alpha value is -2.31. The van der Waals surface area contributed by atoms with E-state index in [0.29, 0.717) is 22.5 Å². The van der Waals surface area contributed by atoms with Gasteiger partial charge in [-0.05, 0) is 35.4 Å². The predicted molar refractivity (Wildman–Crippen MR) is 102 cm³/mol. The first kappa shape index (κ1) is 17.5. The lowest BCUT2D eigenvalue weighted by molar-refractivity contribution is -0.124. The van der Waals surface area contributed by atoms with E-state index >= 15 is 0 Å². The Balaban J connectivity index is 1.70. The second kappa shape index (κ2) is 8.18. The molecule has 1 fully saturated rings. The van der Waals surface area contributed by atoms with E-state index in [9.17, 15) is 4.79 Å². The van der Waals surface area contributed by atoms with Crippen LogP contribution in [0.5, 0.6) is 5.75 Å². The molecular formula is C18H16ClN3O2S. The molecule has 25 heavy (non-hydrogen) atoms. The van der Waals surface area contributed by atoms with Crippen molar-refractivity contribution in [2.45, 2.75) is 6.54 Å². The molecule has 7 heteroatoms. The van der Waals surface area contributed by atoms with Gasteiger partial charge in [0.25, 0.3) is 0 Å². The molecule has 1 aliphatic heterocycles. The molecule has 2 aromatic rings. The first-order valence-electron chi connectivity index (χ1n) is 7.58. The van der Waals surface area contributed by atoms with E-state index in [1.807, 2.05) is 36.4 Å². The van der Waals surface area contributed by atoms with Crippen LogP contribution in [0, 0.1) is 0 Å². The summed E-state index contributed by atoms with van der Waals surface area (Å²) in [6.45, 7) is 0.463. The summed E-state index contributed by atoms with van der Waals surface area (Å²) in [7, 11) is 1.62. The summed E-state index contributed by atoms with van der Waals surface area (Å²) >= 11 is 7.24. The maximum atomic E-state index is 12.1. The van der Waals surface area contributed by atoms with Crippen molar-refractivity contribution in [2.75, 3.05) is 12.9 Å². The van der Waals surface area contributed by atoms with Crippen molar-refractivity contribution < 1.29 is 9.53 Å². The fourth-order valence-electron chi connectivity index (χ4n) is 2.23. The van der Waals surface area contributed by atoms with Crippen LogP contribution in [0.2, 0.25) is 5.02 Å². The van der Waals surface area contributed by atoms with Gasteiger partial charge in [0.1, 0.15) is 5.75 Å². The van der Waals surface area contributed by atoms with E-state index in [4.69, 9.17) is 16.3 Å². The molecule has 2 aromatic carbocycles. The zero-order chi connectivity index (χ0) is 17.6. The number of rotatable bonds is 5. The average molecular weight is 374 g/mol. The number of hydrogen-bond donors (Lipinski definition) is 0. The molecule has 128 valence electrons. The lowest BCUT2D eigenvalue weighted by Crippen LogP contribution is -2.28. The number of carbonyl (C=O) groups is 1. The number of benzene rings is 2. The zero-order valence-corrected chi connectivity index (χ0v) is 15.1. The monoisotopic (exact) mass is 373 g/mol. The Kier molecular flexibility index (Phi) is 5.73. The van der Waals surface area contributed by atoms with Crippen LogP contribution in [0.3, 0.4) is 0 Å². The second-order valence-corrected chi connectivity index (χ2v) is 6.67. The highest BCUT2D eigenvalue weighted by Gasteiger charge is 2.28. The lowest BCUT2D eigenvalue weighted by Gasteiger charge is -2.15. The number of carbonyl (C=O) groups excluding carboxylic acids is 1. The first-order valence-corrected chi connectivity index (χ1v) is 8.95. The molecule has 0 saturated carbocycles. The topological polar surface area (TPSA) is 54.3 Å². The van der Waals surface area contributed by atoms with Gasteiger partial charge in [-0.3, -0.25) is 9.69 Å². The molecule has 0 aliphatic carbocycles. The average Bonchev–Trinajstić information content (AvgIpc) is 2.97. The van der Waals surface area contributed by atoms with Gasteiger partial charge < -0.3 is 4.74 Å². The van der Waals surface area contributed by atoms with E-state index in [1.54, 1.807) is 30.4 Å². The molecule has 3 rings (SSSR count). The summed E-state index contributed by atoms with van der Waals surface area (Å²) in [6, 6.07) is 14.9. The van der Waals surface area contributed by atoms with Crippen LogP contribution in [0.15, 0.2) is 58.7 Å². The van der Waals surface area contributed by atoms with Crippen LogP contribution in [0.25, 0.3) is 0 Å². The third-order valence-corrected chi connectivity index (χ3v) is 4.78. The number of thioether (sulfide) groups is 1. The molecule has 1 amide bonds. The number of hydrogen-bond acceptors (Lipinski definition) is 5. The van der Waals surface area contributed by atoms with Gasteiger partial charge in [-0.15, -0.1) is 5.10 Å². The Labute approximate surface area is 155 Å². The molecule has 1 heterocycles. The Morgan fingerprint density at radius 3 is 2.60 bits per heavy atom. The van der Waals surface area contributed by atoms with Gasteiger partial charge in [-0.25, -0.2) is 0 Å². The third kappa shape index (κ3) is 4.61. The highest BCUT2D eigenvalue weighted by atomic mass is 35.5. The minimum absolute atomic E-state index is 0.0289. The van der Waals surface area contributed by atoms with Crippen molar-refractivity contribution in [3.63, 3.8) is 0 Å². The van der Waals surface area contributed by atoms with Crippen molar-refractivity contribution in [3.8, 4) is 5.75 Å². The molecular weight excluding hydrogens is 358 g/mol. The Morgan fingerprint density at radius 2 is 1.92 bits per heavy atom. The minimum atomic E-state index is 0.0289. The lowest BCUT2D eigenvalue weighted by atomic mass is 10.2. The standard InChI is InChI=1S/C18H16ClN3O2S/c1-24-16-8-4-14(5-9-16)11-22-17(23)12-25-18(22)21-20-10-13-2-6-15(19)7-3-13/h2-10H,11-12H2,1H3/b20-10-,21-18+. The molecule has 0 unspecified atom stereocenters.